The molecular formula is C17H21ClN4O2. The molecule has 2 aromatic rings. The monoisotopic (exact) mass is 348 g/mol. The largest absolute Gasteiger partial charge is 0.379 e. The minimum absolute atomic E-state index is 0.152. The summed E-state index contributed by atoms with van der Waals surface area (Å²) >= 11 is 6.01. The highest BCUT2D eigenvalue weighted by atomic mass is 35.5. The van der Waals surface area contributed by atoms with E-state index in [1.807, 2.05) is 11.0 Å². The van der Waals surface area contributed by atoms with Crippen molar-refractivity contribution in [3.63, 3.8) is 0 Å². The zero-order chi connectivity index (χ0) is 16.5. The molecule has 0 aliphatic carbocycles. The van der Waals surface area contributed by atoms with E-state index in [2.05, 4.69) is 20.9 Å². The molecule has 0 spiro atoms. The summed E-state index contributed by atoms with van der Waals surface area (Å²) in [7, 11) is 0. The van der Waals surface area contributed by atoms with Crippen molar-refractivity contribution in [2.75, 3.05) is 26.3 Å². The maximum atomic E-state index is 12.4. The van der Waals surface area contributed by atoms with Gasteiger partial charge in [-0.2, -0.15) is 0 Å². The number of halogens is 1. The Morgan fingerprint density at radius 1 is 1.42 bits per heavy atom. The number of nitrogens with one attached hydrogen (secondary N) is 1. The minimum atomic E-state index is 0.152. The topological polar surface area (TPSA) is 59.4 Å². The summed E-state index contributed by atoms with van der Waals surface area (Å²) in [5.74, 6) is 0.152. The van der Waals surface area contributed by atoms with E-state index in [0.717, 1.165) is 29.8 Å². The van der Waals surface area contributed by atoms with Crippen molar-refractivity contribution in [2.24, 2.45) is 0 Å². The molecule has 2 aliphatic heterocycles. The smallest absolute Gasteiger partial charge is 0.225 e. The van der Waals surface area contributed by atoms with Crippen LogP contribution in [0.25, 0.3) is 11.0 Å². The van der Waals surface area contributed by atoms with Gasteiger partial charge in [-0.3, -0.25) is 4.79 Å². The standard InChI is InChI=1S/C17H21ClN4O2/c18-13-7-12-8-15-10-21(4-5-22(15)17(12)20-9-13)16(23)2-6-24-11-14-1-3-19-14/h7-9,14,19H,1-6,10-11H2. The van der Waals surface area contributed by atoms with Gasteiger partial charge < -0.3 is 19.5 Å². The number of aromatic nitrogens is 2. The lowest BCUT2D eigenvalue weighted by Crippen LogP contribution is -2.46. The number of amides is 1. The van der Waals surface area contributed by atoms with Crippen molar-refractivity contribution >= 4 is 28.5 Å². The molecule has 4 rings (SSSR count). The van der Waals surface area contributed by atoms with Crippen LogP contribution in [0.15, 0.2) is 18.3 Å². The fourth-order valence-electron chi connectivity index (χ4n) is 3.30. The molecule has 1 N–H and O–H groups in total. The highest BCUT2D eigenvalue weighted by Crippen LogP contribution is 2.25. The molecule has 6 nitrogen and oxygen atoms in total. The number of ether oxygens (including phenoxy) is 1. The van der Waals surface area contributed by atoms with Crippen LogP contribution in [0.5, 0.6) is 0 Å². The first-order valence-corrected chi connectivity index (χ1v) is 8.81. The van der Waals surface area contributed by atoms with Crippen LogP contribution in [0.1, 0.15) is 18.5 Å². The Morgan fingerprint density at radius 3 is 3.08 bits per heavy atom. The van der Waals surface area contributed by atoms with Gasteiger partial charge in [-0.05, 0) is 25.1 Å². The lowest BCUT2D eigenvalue weighted by Gasteiger charge is -2.29. The second-order valence-corrected chi connectivity index (χ2v) is 6.87. The van der Waals surface area contributed by atoms with Crippen molar-refractivity contribution in [2.45, 2.75) is 32.0 Å². The summed E-state index contributed by atoms with van der Waals surface area (Å²) in [5, 5.41) is 4.95. The minimum Gasteiger partial charge on any atom is -0.379 e. The van der Waals surface area contributed by atoms with Crippen molar-refractivity contribution in [3.8, 4) is 0 Å². The first kappa shape index (κ1) is 15.9. The Balaban J connectivity index is 1.35. The van der Waals surface area contributed by atoms with Gasteiger partial charge in [0.2, 0.25) is 5.91 Å². The number of nitrogens with zero attached hydrogens (tertiary/aromatic N) is 3. The van der Waals surface area contributed by atoms with Crippen LogP contribution in [-0.4, -0.2) is 52.7 Å². The average Bonchev–Trinajstić information content (AvgIpc) is 2.89. The van der Waals surface area contributed by atoms with Crippen molar-refractivity contribution < 1.29 is 9.53 Å². The molecule has 7 heteroatoms. The van der Waals surface area contributed by atoms with Crippen LogP contribution in [0.4, 0.5) is 0 Å². The Morgan fingerprint density at radius 2 is 2.29 bits per heavy atom. The molecule has 0 aromatic carbocycles. The fourth-order valence-corrected chi connectivity index (χ4v) is 3.46. The molecule has 128 valence electrons. The molecule has 0 radical (unpaired) electrons. The molecule has 1 atom stereocenters. The van der Waals surface area contributed by atoms with Gasteiger partial charge in [0.05, 0.1) is 31.2 Å². The molecule has 1 amide bonds. The Hall–Kier alpha value is -1.63. The number of fused-ring (bicyclic) bond motifs is 3. The zero-order valence-electron chi connectivity index (χ0n) is 13.5. The second-order valence-electron chi connectivity index (χ2n) is 6.43. The van der Waals surface area contributed by atoms with Gasteiger partial charge in [-0.1, -0.05) is 11.6 Å². The number of carbonyl (C=O) groups is 1. The lowest BCUT2D eigenvalue weighted by atomic mass is 10.1. The van der Waals surface area contributed by atoms with Gasteiger partial charge in [-0.15, -0.1) is 0 Å². The van der Waals surface area contributed by atoms with E-state index >= 15 is 0 Å². The molecule has 0 saturated carbocycles. The molecule has 1 fully saturated rings. The highest BCUT2D eigenvalue weighted by molar-refractivity contribution is 6.31. The van der Waals surface area contributed by atoms with Crippen LogP contribution in [0.3, 0.4) is 0 Å². The summed E-state index contributed by atoms with van der Waals surface area (Å²) in [5.41, 5.74) is 2.05. The van der Waals surface area contributed by atoms with Crippen LogP contribution < -0.4 is 5.32 Å². The molecule has 1 unspecified atom stereocenters. The maximum Gasteiger partial charge on any atom is 0.225 e. The first-order chi connectivity index (χ1) is 11.7. The summed E-state index contributed by atoms with van der Waals surface area (Å²) in [4.78, 5) is 18.7. The van der Waals surface area contributed by atoms with Gasteiger partial charge in [0, 0.05) is 36.4 Å². The average molecular weight is 349 g/mol. The second kappa shape index (κ2) is 6.70. The van der Waals surface area contributed by atoms with Crippen LogP contribution in [0, 0.1) is 0 Å². The molecular weight excluding hydrogens is 328 g/mol. The summed E-state index contributed by atoms with van der Waals surface area (Å²) in [6, 6.07) is 4.47. The number of hydrogen-bond acceptors (Lipinski definition) is 4. The van der Waals surface area contributed by atoms with E-state index in [1.54, 1.807) is 6.20 Å². The van der Waals surface area contributed by atoms with Gasteiger partial charge in [-0.25, -0.2) is 4.98 Å². The molecule has 2 aromatic heterocycles. The van der Waals surface area contributed by atoms with Crippen molar-refractivity contribution in [3.05, 3.63) is 29.0 Å². The third kappa shape index (κ3) is 3.14. The van der Waals surface area contributed by atoms with E-state index in [4.69, 9.17) is 16.3 Å². The van der Waals surface area contributed by atoms with E-state index < -0.39 is 0 Å². The highest BCUT2D eigenvalue weighted by Gasteiger charge is 2.23. The zero-order valence-corrected chi connectivity index (χ0v) is 14.3. The third-order valence-electron chi connectivity index (χ3n) is 4.79. The van der Waals surface area contributed by atoms with E-state index in [-0.39, 0.29) is 5.91 Å². The lowest BCUT2D eigenvalue weighted by molar-refractivity contribution is -0.133. The summed E-state index contributed by atoms with van der Waals surface area (Å²) in [6.07, 6.45) is 3.28. The van der Waals surface area contributed by atoms with E-state index in [0.29, 0.717) is 43.8 Å². The van der Waals surface area contributed by atoms with E-state index in [1.165, 1.54) is 6.42 Å². The SMILES string of the molecule is O=C(CCOCC1CCN1)N1CCn2c(cc3cc(Cl)cnc32)C1. The molecule has 4 heterocycles. The predicted molar refractivity (Wildman–Crippen MR) is 92.0 cm³/mol. The van der Waals surface area contributed by atoms with Crippen LogP contribution >= 0.6 is 11.6 Å². The number of rotatable bonds is 5. The number of carbonyl (C=O) groups excluding carboxylic acids is 1. The quantitative estimate of drug-likeness (QED) is 0.837. The van der Waals surface area contributed by atoms with Gasteiger partial charge in [0.25, 0.3) is 0 Å². The van der Waals surface area contributed by atoms with Gasteiger partial charge in [0.15, 0.2) is 0 Å². The maximum absolute atomic E-state index is 12.4. The third-order valence-corrected chi connectivity index (χ3v) is 5.00. The summed E-state index contributed by atoms with van der Waals surface area (Å²) in [6.45, 7) is 4.38. The van der Waals surface area contributed by atoms with Gasteiger partial charge in [0.1, 0.15) is 5.65 Å². The van der Waals surface area contributed by atoms with E-state index in [9.17, 15) is 4.79 Å². The first-order valence-electron chi connectivity index (χ1n) is 8.43. The van der Waals surface area contributed by atoms with Crippen molar-refractivity contribution in [1.29, 1.82) is 0 Å². The van der Waals surface area contributed by atoms with Crippen LogP contribution in [-0.2, 0) is 22.6 Å². The Bertz CT molecular complexity index is 756. The predicted octanol–water partition coefficient (Wildman–Crippen LogP) is 1.80. The van der Waals surface area contributed by atoms with Gasteiger partial charge >= 0.3 is 0 Å². The van der Waals surface area contributed by atoms with Crippen LogP contribution in [0.2, 0.25) is 5.02 Å². The molecule has 1 saturated heterocycles. The fraction of sp³-hybridized carbons (Fsp3) is 0.529. The summed E-state index contributed by atoms with van der Waals surface area (Å²) < 4.78 is 7.76. The Labute approximate surface area is 145 Å². The molecule has 24 heavy (non-hydrogen) atoms. The molecule has 0 bridgehead atoms. The molecule has 2 aliphatic rings. The normalized spacial score (nSPS) is 20.0. The number of hydrogen-bond donors (Lipinski definition) is 1. The Kier molecular flexibility index (Phi) is 4.43. The number of pyridine rings is 1. The van der Waals surface area contributed by atoms with Crippen molar-refractivity contribution in [1.82, 2.24) is 19.8 Å².